The molecule has 0 aliphatic carbocycles. The Kier molecular flexibility index (Phi) is 7.42. The van der Waals surface area contributed by atoms with E-state index < -0.39 is 0 Å². The van der Waals surface area contributed by atoms with Crippen molar-refractivity contribution in [2.75, 3.05) is 9.80 Å². The Bertz CT molecular complexity index is 1420. The van der Waals surface area contributed by atoms with Crippen LogP contribution < -0.4 is 9.80 Å². The van der Waals surface area contributed by atoms with E-state index in [-0.39, 0.29) is 0 Å². The molecule has 0 bridgehead atoms. The first-order valence-electron chi connectivity index (χ1n) is 13.0. The second-order valence-corrected chi connectivity index (χ2v) is 10.1. The second kappa shape index (κ2) is 11.8. The fraction of sp³-hybridized carbons (Fsp3) is 0. The molecule has 0 aliphatic rings. The molecule has 0 aromatic heterocycles. The summed E-state index contributed by atoms with van der Waals surface area (Å²) in [6.07, 6.45) is 0. The fourth-order valence-corrected chi connectivity index (χ4v) is 5.80. The van der Waals surface area contributed by atoms with Crippen LogP contribution in [0.15, 0.2) is 180 Å². The standard InChI is InChI=1S/C36H28N2S/c1-5-17-29(18-6-1)37(30-19-7-2-8-20-30)33-25-13-15-27-35(33)39-36-28-16-14-26-34(36)38(31-21-9-3-10-22-31)32-23-11-4-12-24-32/h1-28H. The summed E-state index contributed by atoms with van der Waals surface area (Å²) >= 11 is 1.79. The Morgan fingerprint density at radius 2 is 0.538 bits per heavy atom. The SMILES string of the molecule is c1ccc(N(c2ccccc2)c2ccccc2Sc2ccccc2N(c2ccccc2)c2ccccc2)cc1. The summed E-state index contributed by atoms with van der Waals surface area (Å²) < 4.78 is 0. The Morgan fingerprint density at radius 3 is 0.846 bits per heavy atom. The Morgan fingerprint density at radius 1 is 0.282 bits per heavy atom. The van der Waals surface area contributed by atoms with Crippen LogP contribution in [0, 0.1) is 0 Å². The van der Waals surface area contributed by atoms with Crippen LogP contribution in [0.1, 0.15) is 0 Å². The van der Waals surface area contributed by atoms with Gasteiger partial charge < -0.3 is 9.80 Å². The molecule has 0 atom stereocenters. The van der Waals surface area contributed by atoms with Crippen LogP contribution >= 0.6 is 11.8 Å². The van der Waals surface area contributed by atoms with Gasteiger partial charge in [0.15, 0.2) is 0 Å². The lowest BCUT2D eigenvalue weighted by Crippen LogP contribution is -2.12. The number of para-hydroxylation sites is 6. The molecular formula is C36H28N2S. The topological polar surface area (TPSA) is 6.48 Å². The zero-order valence-electron chi connectivity index (χ0n) is 21.5. The molecule has 0 N–H and O–H groups in total. The van der Waals surface area contributed by atoms with Gasteiger partial charge in [-0.05, 0) is 72.8 Å². The van der Waals surface area contributed by atoms with E-state index in [0.29, 0.717) is 0 Å². The highest BCUT2D eigenvalue weighted by molar-refractivity contribution is 7.99. The summed E-state index contributed by atoms with van der Waals surface area (Å²) in [5.74, 6) is 0. The molecule has 6 aromatic carbocycles. The van der Waals surface area contributed by atoms with Crippen molar-refractivity contribution in [1.29, 1.82) is 0 Å². The monoisotopic (exact) mass is 520 g/mol. The predicted octanol–water partition coefficient (Wildman–Crippen LogP) is 10.8. The Labute approximate surface area is 234 Å². The van der Waals surface area contributed by atoms with E-state index in [4.69, 9.17) is 0 Å². The zero-order valence-corrected chi connectivity index (χ0v) is 22.3. The highest BCUT2D eigenvalue weighted by Gasteiger charge is 2.20. The average Bonchev–Trinajstić information content (AvgIpc) is 3.01. The average molecular weight is 521 g/mol. The summed E-state index contributed by atoms with van der Waals surface area (Å²) in [5.41, 5.74) is 6.78. The van der Waals surface area contributed by atoms with Gasteiger partial charge in [0.25, 0.3) is 0 Å². The third kappa shape index (κ3) is 5.45. The highest BCUT2D eigenvalue weighted by Crippen LogP contribution is 2.46. The maximum absolute atomic E-state index is 2.33. The third-order valence-corrected chi connectivity index (χ3v) is 7.62. The highest BCUT2D eigenvalue weighted by atomic mass is 32.2. The molecule has 0 amide bonds. The van der Waals surface area contributed by atoms with Crippen molar-refractivity contribution in [1.82, 2.24) is 0 Å². The van der Waals surface area contributed by atoms with Crippen LogP contribution in [0.4, 0.5) is 34.1 Å². The molecule has 0 unspecified atom stereocenters. The van der Waals surface area contributed by atoms with Crippen LogP contribution in [-0.4, -0.2) is 0 Å². The van der Waals surface area contributed by atoms with Crippen molar-refractivity contribution in [3.8, 4) is 0 Å². The van der Waals surface area contributed by atoms with E-state index >= 15 is 0 Å². The molecule has 0 radical (unpaired) electrons. The normalized spacial score (nSPS) is 10.7. The third-order valence-electron chi connectivity index (χ3n) is 6.49. The maximum atomic E-state index is 2.33. The van der Waals surface area contributed by atoms with E-state index in [1.165, 1.54) is 9.79 Å². The van der Waals surface area contributed by atoms with Gasteiger partial charge in [0.1, 0.15) is 0 Å². The minimum Gasteiger partial charge on any atom is -0.309 e. The number of anilines is 6. The molecule has 0 fully saturated rings. The van der Waals surface area contributed by atoms with Gasteiger partial charge >= 0.3 is 0 Å². The van der Waals surface area contributed by atoms with E-state index in [0.717, 1.165) is 34.1 Å². The van der Waals surface area contributed by atoms with E-state index in [2.05, 4.69) is 180 Å². The Balaban J connectivity index is 1.46. The lowest BCUT2D eigenvalue weighted by molar-refractivity contribution is 1.21. The van der Waals surface area contributed by atoms with Crippen molar-refractivity contribution in [3.05, 3.63) is 170 Å². The molecule has 0 aliphatic heterocycles. The van der Waals surface area contributed by atoms with Gasteiger partial charge in [-0.3, -0.25) is 0 Å². The van der Waals surface area contributed by atoms with Crippen molar-refractivity contribution in [2.24, 2.45) is 0 Å². The van der Waals surface area contributed by atoms with Crippen LogP contribution in [0.3, 0.4) is 0 Å². The molecule has 2 nitrogen and oxygen atoms in total. The number of nitrogens with zero attached hydrogens (tertiary/aromatic N) is 2. The summed E-state index contributed by atoms with van der Waals surface area (Å²) in [6, 6.07) is 59.6. The lowest BCUT2D eigenvalue weighted by Gasteiger charge is -2.29. The number of hydrogen-bond acceptors (Lipinski definition) is 3. The Hall–Kier alpha value is -4.73. The first-order chi connectivity index (χ1) is 19.4. The van der Waals surface area contributed by atoms with Gasteiger partial charge in [-0.2, -0.15) is 0 Å². The molecule has 0 saturated heterocycles. The number of rotatable bonds is 8. The van der Waals surface area contributed by atoms with Crippen LogP contribution in [0.25, 0.3) is 0 Å². The zero-order chi connectivity index (χ0) is 26.3. The van der Waals surface area contributed by atoms with Gasteiger partial charge in [-0.15, -0.1) is 0 Å². The number of benzene rings is 6. The lowest BCUT2D eigenvalue weighted by atomic mass is 10.2. The summed E-state index contributed by atoms with van der Waals surface area (Å²) in [5, 5.41) is 0. The molecular weight excluding hydrogens is 492 g/mol. The quantitative estimate of drug-likeness (QED) is 0.197. The van der Waals surface area contributed by atoms with Gasteiger partial charge in [0, 0.05) is 32.5 Å². The molecule has 6 rings (SSSR count). The first-order valence-corrected chi connectivity index (χ1v) is 13.9. The molecule has 0 heterocycles. The van der Waals surface area contributed by atoms with Crippen LogP contribution in [-0.2, 0) is 0 Å². The fourth-order valence-electron chi connectivity index (χ4n) is 4.74. The number of hydrogen-bond donors (Lipinski definition) is 0. The second-order valence-electron chi connectivity index (χ2n) is 9.05. The van der Waals surface area contributed by atoms with E-state index in [1.54, 1.807) is 11.8 Å². The largest absolute Gasteiger partial charge is 0.309 e. The molecule has 0 spiro atoms. The molecule has 188 valence electrons. The van der Waals surface area contributed by atoms with E-state index in [1.807, 2.05) is 0 Å². The van der Waals surface area contributed by atoms with Crippen molar-refractivity contribution in [3.63, 3.8) is 0 Å². The van der Waals surface area contributed by atoms with Crippen LogP contribution in [0.5, 0.6) is 0 Å². The smallest absolute Gasteiger partial charge is 0.0601 e. The summed E-state index contributed by atoms with van der Waals surface area (Å²) in [4.78, 5) is 7.02. The molecule has 0 saturated carbocycles. The van der Waals surface area contributed by atoms with Gasteiger partial charge in [-0.1, -0.05) is 109 Å². The van der Waals surface area contributed by atoms with Crippen LogP contribution in [0.2, 0.25) is 0 Å². The van der Waals surface area contributed by atoms with Crippen molar-refractivity contribution >= 4 is 45.9 Å². The van der Waals surface area contributed by atoms with Crippen molar-refractivity contribution < 1.29 is 0 Å². The molecule has 6 aromatic rings. The molecule has 39 heavy (non-hydrogen) atoms. The minimum absolute atomic E-state index is 1.13. The van der Waals surface area contributed by atoms with Crippen molar-refractivity contribution in [2.45, 2.75) is 9.79 Å². The summed E-state index contributed by atoms with van der Waals surface area (Å²) in [6.45, 7) is 0. The molecule has 3 heteroatoms. The summed E-state index contributed by atoms with van der Waals surface area (Å²) in [7, 11) is 0. The van der Waals surface area contributed by atoms with Gasteiger partial charge in [0.2, 0.25) is 0 Å². The first kappa shape index (κ1) is 24.6. The van der Waals surface area contributed by atoms with Gasteiger partial charge in [-0.25, -0.2) is 0 Å². The predicted molar refractivity (Wildman–Crippen MR) is 166 cm³/mol. The minimum atomic E-state index is 1.13. The maximum Gasteiger partial charge on any atom is 0.0601 e. The van der Waals surface area contributed by atoms with Gasteiger partial charge in [0.05, 0.1) is 11.4 Å². The van der Waals surface area contributed by atoms with E-state index in [9.17, 15) is 0 Å².